The van der Waals surface area contributed by atoms with Crippen LogP contribution in [-0.2, 0) is 19.5 Å². The van der Waals surface area contributed by atoms with Crippen molar-refractivity contribution in [2.75, 3.05) is 31.6 Å². The number of rotatable bonds is 11. The van der Waals surface area contributed by atoms with Crippen molar-refractivity contribution in [3.8, 4) is 0 Å². The van der Waals surface area contributed by atoms with Crippen molar-refractivity contribution in [1.82, 2.24) is 25.4 Å². The summed E-state index contributed by atoms with van der Waals surface area (Å²) in [5.41, 5.74) is 1.77. The molecule has 33 heavy (non-hydrogen) atoms. The highest BCUT2D eigenvalue weighted by Crippen LogP contribution is 2.11. The lowest BCUT2D eigenvalue weighted by Crippen LogP contribution is -2.40. The summed E-state index contributed by atoms with van der Waals surface area (Å²) in [6, 6.07) is 17.0. The number of para-hydroxylation sites is 1. The fourth-order valence-corrected chi connectivity index (χ4v) is 3.33. The molecule has 0 amide bonds. The molecule has 0 atom stereocenters. The van der Waals surface area contributed by atoms with Gasteiger partial charge in [-0.25, -0.2) is 9.38 Å². The summed E-state index contributed by atoms with van der Waals surface area (Å²) in [5.74, 6) is 1.38. The molecule has 0 aliphatic heterocycles. The Kier molecular flexibility index (Phi) is 11.6. The summed E-state index contributed by atoms with van der Waals surface area (Å²) in [6.07, 6.45) is 3.52. The molecule has 0 aliphatic rings. The number of nitrogens with zero attached hydrogens (tertiary/aromatic N) is 5. The monoisotopic (exact) mass is 565 g/mol. The third-order valence-corrected chi connectivity index (χ3v) is 5.18. The Morgan fingerprint density at radius 1 is 1.06 bits per heavy atom. The van der Waals surface area contributed by atoms with E-state index in [1.165, 1.54) is 11.8 Å². The number of hydrogen-bond acceptors (Lipinski definition) is 4. The van der Waals surface area contributed by atoms with Crippen molar-refractivity contribution in [3.63, 3.8) is 0 Å². The number of hydrogen-bond donors (Lipinski definition) is 2. The second-order valence-corrected chi connectivity index (χ2v) is 7.51. The molecule has 3 aromatic rings. The minimum atomic E-state index is -0.239. The number of nitrogens with one attached hydrogen (secondary N) is 2. The summed E-state index contributed by atoms with van der Waals surface area (Å²) >= 11 is 0. The molecule has 1 aromatic heterocycles. The first-order valence-electron chi connectivity index (χ1n) is 11.1. The lowest BCUT2D eigenvalue weighted by atomic mass is 10.2. The molecule has 3 rings (SSSR count). The fraction of sp³-hybridized carbons (Fsp3) is 0.375. The molecule has 7 nitrogen and oxygen atoms in total. The molecule has 0 radical (unpaired) electrons. The van der Waals surface area contributed by atoms with E-state index in [4.69, 9.17) is 0 Å². The molecule has 0 saturated heterocycles. The zero-order chi connectivity index (χ0) is 22.6. The first-order valence-corrected chi connectivity index (χ1v) is 11.1. The number of anilines is 1. The number of aryl methyl sites for hydroxylation is 1. The minimum Gasteiger partial charge on any atom is -0.375 e. The van der Waals surface area contributed by atoms with Gasteiger partial charge in [0.05, 0.1) is 6.54 Å². The van der Waals surface area contributed by atoms with Crippen LogP contribution in [0, 0.1) is 5.82 Å². The van der Waals surface area contributed by atoms with Crippen LogP contribution in [0.15, 0.2) is 65.9 Å². The van der Waals surface area contributed by atoms with Crippen LogP contribution in [-0.4, -0.2) is 47.4 Å². The maximum Gasteiger partial charge on any atom is 0.191 e. The molecule has 0 spiro atoms. The lowest BCUT2D eigenvalue weighted by molar-refractivity contribution is 0.608. The Morgan fingerprint density at radius 2 is 1.79 bits per heavy atom. The summed E-state index contributed by atoms with van der Waals surface area (Å²) in [7, 11) is 2.09. The molecule has 9 heteroatoms. The van der Waals surface area contributed by atoms with Crippen molar-refractivity contribution in [1.29, 1.82) is 0 Å². The van der Waals surface area contributed by atoms with E-state index in [0.29, 0.717) is 18.1 Å². The highest BCUT2D eigenvalue weighted by Gasteiger charge is 2.05. The SMILES string of the molecule is CCc1nncn1CCNC(=NCc1ccccc1F)NCCCN(C)c1ccccc1.I. The number of guanidine groups is 1. The Balaban J connectivity index is 0.00000385. The van der Waals surface area contributed by atoms with Crippen molar-refractivity contribution in [2.24, 2.45) is 4.99 Å². The normalized spacial score (nSPS) is 11.1. The Bertz CT molecular complexity index is 978. The third kappa shape index (κ3) is 8.64. The van der Waals surface area contributed by atoms with Crippen molar-refractivity contribution in [3.05, 3.63) is 78.1 Å². The standard InChI is InChI=1S/C24H32FN7.HI/c1-3-23-30-29-19-32(23)17-15-27-24(28-18-20-10-7-8-13-22(20)25)26-14-9-16-31(2)21-11-5-4-6-12-21;/h4-8,10-13,19H,3,9,14-18H2,1-2H3,(H2,26,27,28);1H. The predicted octanol–water partition coefficient (Wildman–Crippen LogP) is 3.86. The maximum absolute atomic E-state index is 14.0. The quantitative estimate of drug-likeness (QED) is 0.160. The summed E-state index contributed by atoms with van der Waals surface area (Å²) in [4.78, 5) is 6.82. The van der Waals surface area contributed by atoms with Gasteiger partial charge in [-0.05, 0) is 24.6 Å². The Morgan fingerprint density at radius 3 is 2.55 bits per heavy atom. The molecule has 178 valence electrons. The van der Waals surface area contributed by atoms with Crippen LogP contribution in [0.2, 0.25) is 0 Å². The van der Waals surface area contributed by atoms with Crippen LogP contribution in [0.25, 0.3) is 0 Å². The summed E-state index contributed by atoms with van der Waals surface area (Å²) < 4.78 is 16.0. The zero-order valence-corrected chi connectivity index (χ0v) is 21.6. The van der Waals surface area contributed by atoms with Gasteiger partial charge in [0.15, 0.2) is 5.96 Å². The van der Waals surface area contributed by atoms with E-state index in [-0.39, 0.29) is 36.3 Å². The average Bonchev–Trinajstić information content (AvgIpc) is 3.28. The van der Waals surface area contributed by atoms with Gasteiger partial charge in [-0.15, -0.1) is 34.2 Å². The molecule has 0 fully saturated rings. The van der Waals surface area contributed by atoms with E-state index >= 15 is 0 Å². The molecule has 0 unspecified atom stereocenters. The molecular formula is C24H33FIN7. The van der Waals surface area contributed by atoms with Gasteiger partial charge in [-0.1, -0.05) is 43.3 Å². The topological polar surface area (TPSA) is 70.4 Å². The average molecular weight is 565 g/mol. The van der Waals surface area contributed by atoms with Crippen LogP contribution in [0.5, 0.6) is 0 Å². The van der Waals surface area contributed by atoms with Crippen molar-refractivity contribution in [2.45, 2.75) is 32.9 Å². The van der Waals surface area contributed by atoms with Gasteiger partial charge < -0.3 is 20.1 Å². The molecular weight excluding hydrogens is 532 g/mol. The smallest absolute Gasteiger partial charge is 0.191 e. The molecule has 0 saturated carbocycles. The maximum atomic E-state index is 14.0. The highest BCUT2D eigenvalue weighted by atomic mass is 127. The van der Waals surface area contributed by atoms with E-state index in [0.717, 1.165) is 38.3 Å². The van der Waals surface area contributed by atoms with Crippen LogP contribution < -0.4 is 15.5 Å². The van der Waals surface area contributed by atoms with Gasteiger partial charge in [0, 0.05) is 50.9 Å². The first-order chi connectivity index (χ1) is 15.7. The van der Waals surface area contributed by atoms with E-state index in [1.54, 1.807) is 18.5 Å². The number of aliphatic imine (C=N–C) groups is 1. The van der Waals surface area contributed by atoms with E-state index in [1.807, 2.05) is 28.8 Å². The molecule has 0 bridgehead atoms. The number of aromatic nitrogens is 3. The van der Waals surface area contributed by atoms with Gasteiger partial charge in [0.2, 0.25) is 0 Å². The van der Waals surface area contributed by atoms with Crippen molar-refractivity contribution < 1.29 is 4.39 Å². The van der Waals surface area contributed by atoms with E-state index in [2.05, 4.69) is 56.8 Å². The highest BCUT2D eigenvalue weighted by molar-refractivity contribution is 14.0. The number of benzene rings is 2. The Labute approximate surface area is 212 Å². The second-order valence-electron chi connectivity index (χ2n) is 7.51. The first kappa shape index (κ1) is 26.6. The predicted molar refractivity (Wildman–Crippen MR) is 143 cm³/mol. The van der Waals surface area contributed by atoms with Crippen LogP contribution >= 0.6 is 24.0 Å². The molecule has 2 aromatic carbocycles. The minimum absolute atomic E-state index is 0. The fourth-order valence-electron chi connectivity index (χ4n) is 3.33. The van der Waals surface area contributed by atoms with Gasteiger partial charge in [0.25, 0.3) is 0 Å². The second kappa shape index (κ2) is 14.5. The van der Waals surface area contributed by atoms with Gasteiger partial charge in [-0.2, -0.15) is 0 Å². The van der Waals surface area contributed by atoms with E-state index in [9.17, 15) is 4.39 Å². The van der Waals surface area contributed by atoms with Gasteiger partial charge in [0.1, 0.15) is 18.0 Å². The van der Waals surface area contributed by atoms with E-state index < -0.39 is 0 Å². The van der Waals surface area contributed by atoms with Crippen LogP contribution in [0.3, 0.4) is 0 Å². The lowest BCUT2D eigenvalue weighted by Gasteiger charge is -2.20. The Hall–Kier alpha value is -2.69. The largest absolute Gasteiger partial charge is 0.375 e. The van der Waals surface area contributed by atoms with Gasteiger partial charge >= 0.3 is 0 Å². The molecule has 0 aliphatic carbocycles. The molecule has 2 N–H and O–H groups in total. The van der Waals surface area contributed by atoms with Gasteiger partial charge in [-0.3, -0.25) is 0 Å². The molecule has 1 heterocycles. The summed E-state index contributed by atoms with van der Waals surface area (Å²) in [6.45, 7) is 5.40. The van der Waals surface area contributed by atoms with Crippen molar-refractivity contribution >= 4 is 35.6 Å². The van der Waals surface area contributed by atoms with Crippen LogP contribution in [0.4, 0.5) is 10.1 Å². The zero-order valence-electron chi connectivity index (χ0n) is 19.2. The number of halogens is 2. The summed E-state index contributed by atoms with van der Waals surface area (Å²) in [5, 5.41) is 14.8. The van der Waals surface area contributed by atoms with Crippen LogP contribution in [0.1, 0.15) is 24.7 Å². The third-order valence-electron chi connectivity index (χ3n) is 5.18.